The van der Waals surface area contributed by atoms with Crippen LogP contribution < -0.4 is 10.2 Å². The summed E-state index contributed by atoms with van der Waals surface area (Å²) < 4.78 is 60.2. The Morgan fingerprint density at radius 3 is 2.73 bits per heavy atom. The smallest absolute Gasteiger partial charge is 0.352 e. The molecule has 0 spiro atoms. The third kappa shape index (κ3) is 2.70. The standard InChI is InChI=1S/C12H10ClF3N2O2S2/c13-7-2-1-6(12(14,15)16)3-9(7)18-10-5-22(19,20)4-8(10)17-11(18)21/h1-3,8,10H,4-5H2,(H-,17,19,20,21)/p+1/t8-,10-/m1/s1. The first-order chi connectivity index (χ1) is 10.1. The Kier molecular flexibility index (Phi) is 3.67. The van der Waals surface area contributed by atoms with Gasteiger partial charge in [0.25, 0.3) is 0 Å². The number of halogens is 4. The van der Waals surface area contributed by atoms with Gasteiger partial charge in [-0.15, -0.1) is 0 Å². The van der Waals surface area contributed by atoms with Crippen LogP contribution in [0.15, 0.2) is 18.2 Å². The first kappa shape index (κ1) is 16.0. The normalized spacial score (nSPS) is 31.3. The summed E-state index contributed by atoms with van der Waals surface area (Å²) in [6, 6.07) is 2.11. The van der Waals surface area contributed by atoms with Crippen LogP contribution in [0.25, 0.3) is 0 Å². The maximum atomic E-state index is 12.9. The lowest BCUT2D eigenvalue weighted by molar-refractivity contribution is -0.137. The Labute approximate surface area is 135 Å². The molecule has 3 atom stereocenters. The van der Waals surface area contributed by atoms with Crippen molar-refractivity contribution in [2.75, 3.05) is 16.4 Å². The molecule has 2 heterocycles. The zero-order valence-corrected chi connectivity index (χ0v) is 13.3. The fourth-order valence-corrected chi connectivity index (χ4v) is 5.29. The van der Waals surface area contributed by atoms with Crippen molar-refractivity contribution in [2.45, 2.75) is 18.3 Å². The summed E-state index contributed by atoms with van der Waals surface area (Å²) in [5, 5.41) is 3.20. The molecule has 10 heteroatoms. The van der Waals surface area contributed by atoms with E-state index in [1.165, 1.54) is 4.90 Å². The number of rotatable bonds is 1. The Morgan fingerprint density at radius 1 is 1.41 bits per heavy atom. The van der Waals surface area contributed by atoms with Crippen molar-refractivity contribution in [2.24, 2.45) is 0 Å². The summed E-state index contributed by atoms with van der Waals surface area (Å²) in [6.45, 7) is 0. The number of alkyl halides is 3. The quantitative estimate of drug-likeness (QED) is 0.587. The van der Waals surface area contributed by atoms with Gasteiger partial charge in [0, 0.05) is 0 Å². The second kappa shape index (κ2) is 5.05. The van der Waals surface area contributed by atoms with E-state index in [-0.39, 0.29) is 33.4 Å². The van der Waals surface area contributed by atoms with E-state index in [0.29, 0.717) is 0 Å². The van der Waals surface area contributed by atoms with Gasteiger partial charge in [-0.25, -0.2) is 0 Å². The van der Waals surface area contributed by atoms with Crippen LogP contribution in [0.1, 0.15) is 5.56 Å². The first-order valence-corrected chi connectivity index (χ1v) is 8.91. The lowest BCUT2D eigenvalue weighted by atomic mass is 10.1. The topological polar surface area (TPSA) is 52.6 Å². The van der Waals surface area contributed by atoms with Crippen molar-refractivity contribution in [3.8, 4) is 0 Å². The van der Waals surface area contributed by atoms with E-state index in [2.05, 4.69) is 5.32 Å². The lowest BCUT2D eigenvalue weighted by Gasteiger charge is -2.24. The number of anilines is 1. The van der Waals surface area contributed by atoms with Gasteiger partial charge in [-0.2, -0.15) is 17.7 Å². The summed E-state index contributed by atoms with van der Waals surface area (Å²) >= 11 is 11.2. The summed E-state index contributed by atoms with van der Waals surface area (Å²) in [6.07, 6.45) is -4.51. The van der Waals surface area contributed by atoms with Gasteiger partial charge in [0.05, 0.1) is 16.3 Å². The van der Waals surface area contributed by atoms with Crippen LogP contribution in [0, 0.1) is 0 Å². The molecule has 3 rings (SSSR count). The Morgan fingerprint density at radius 2 is 2.09 bits per heavy atom. The van der Waals surface area contributed by atoms with E-state index in [1.807, 2.05) is 0 Å². The van der Waals surface area contributed by atoms with Crippen molar-refractivity contribution in [1.29, 1.82) is 0 Å². The Balaban J connectivity index is 2.03. The van der Waals surface area contributed by atoms with Gasteiger partial charge < -0.3 is 10.2 Å². The molecule has 2 fully saturated rings. The fraction of sp³-hybridized carbons (Fsp3) is 0.417. The number of benzene rings is 1. The van der Waals surface area contributed by atoms with Crippen LogP contribution in [0.4, 0.5) is 18.9 Å². The fourth-order valence-electron chi connectivity index (χ4n) is 2.78. The predicted octanol–water partition coefficient (Wildman–Crippen LogP) is 2.78. The SMILES string of the molecule is O=[S+]1(O)C[C@@H]2[C@@H](C1)NC(=S)N2c1cc(C(F)(F)F)ccc1Cl. The van der Waals surface area contributed by atoms with Gasteiger partial charge in [-0.05, 0) is 30.4 Å². The van der Waals surface area contributed by atoms with E-state index < -0.39 is 28.0 Å². The average molecular weight is 372 g/mol. The van der Waals surface area contributed by atoms with Crippen molar-refractivity contribution < 1.29 is 21.9 Å². The van der Waals surface area contributed by atoms with Crippen molar-refractivity contribution >= 4 is 44.8 Å². The number of hydrogen-bond donors (Lipinski definition) is 2. The minimum atomic E-state index is -4.51. The first-order valence-electron chi connectivity index (χ1n) is 6.27. The molecule has 2 aliphatic rings. The molecule has 1 aromatic rings. The summed E-state index contributed by atoms with van der Waals surface area (Å²) in [7, 11) is -3.00. The van der Waals surface area contributed by atoms with Crippen LogP contribution in [0.5, 0.6) is 0 Å². The maximum Gasteiger partial charge on any atom is 0.416 e. The van der Waals surface area contributed by atoms with Gasteiger partial charge in [0.15, 0.2) is 16.6 Å². The van der Waals surface area contributed by atoms with Crippen LogP contribution in [0.2, 0.25) is 5.02 Å². The molecule has 0 aliphatic carbocycles. The van der Waals surface area contributed by atoms with Crippen LogP contribution in [-0.2, 0) is 20.6 Å². The molecule has 2 N–H and O–H groups in total. The van der Waals surface area contributed by atoms with E-state index in [1.54, 1.807) is 0 Å². The number of hydrogen-bond acceptors (Lipinski definition) is 2. The molecule has 2 aliphatic heterocycles. The molecule has 4 nitrogen and oxygen atoms in total. The minimum Gasteiger partial charge on any atom is -0.352 e. The molecular formula is C12H11ClF3N2O2S2+. The van der Waals surface area contributed by atoms with Crippen molar-refractivity contribution in [3.05, 3.63) is 28.8 Å². The van der Waals surface area contributed by atoms with Gasteiger partial charge in [0.2, 0.25) is 10.2 Å². The third-order valence-corrected chi connectivity index (χ3v) is 6.10. The van der Waals surface area contributed by atoms with Crippen LogP contribution >= 0.6 is 23.8 Å². The second-order valence-electron chi connectivity index (χ2n) is 5.26. The highest BCUT2D eigenvalue weighted by atomic mass is 35.5. The highest BCUT2D eigenvalue weighted by Crippen LogP contribution is 2.39. The number of thiocarbonyl (C=S) groups is 1. The highest BCUT2D eigenvalue weighted by Gasteiger charge is 2.54. The van der Waals surface area contributed by atoms with Crippen molar-refractivity contribution in [3.63, 3.8) is 0 Å². The Hall–Kier alpha value is -0.900. The monoisotopic (exact) mass is 371 g/mol. The molecule has 0 bridgehead atoms. The minimum absolute atomic E-state index is 0.0187. The number of nitrogens with one attached hydrogen (secondary N) is 1. The molecule has 0 saturated carbocycles. The number of nitrogens with zero attached hydrogens (tertiary/aromatic N) is 1. The molecule has 1 aromatic carbocycles. The Bertz CT molecular complexity index is 697. The average Bonchev–Trinajstić information content (AvgIpc) is 2.79. The molecule has 0 amide bonds. The molecule has 22 heavy (non-hydrogen) atoms. The van der Waals surface area contributed by atoms with Gasteiger partial charge in [0.1, 0.15) is 12.1 Å². The molecule has 1 unspecified atom stereocenters. The van der Waals surface area contributed by atoms with E-state index in [0.717, 1.165) is 18.2 Å². The highest BCUT2D eigenvalue weighted by molar-refractivity contribution is 7.98. The molecular weight excluding hydrogens is 361 g/mol. The van der Waals surface area contributed by atoms with Crippen LogP contribution in [0.3, 0.4) is 0 Å². The summed E-state index contributed by atoms with van der Waals surface area (Å²) in [5.41, 5.74) is -0.750. The summed E-state index contributed by atoms with van der Waals surface area (Å²) in [5.74, 6) is -0.0394. The van der Waals surface area contributed by atoms with Crippen molar-refractivity contribution in [1.82, 2.24) is 5.32 Å². The number of fused-ring (bicyclic) bond motifs is 1. The largest absolute Gasteiger partial charge is 0.416 e. The van der Waals surface area contributed by atoms with Gasteiger partial charge in [-0.1, -0.05) is 15.8 Å². The summed E-state index contributed by atoms with van der Waals surface area (Å²) in [4.78, 5) is 1.42. The van der Waals surface area contributed by atoms with E-state index in [9.17, 15) is 21.9 Å². The van der Waals surface area contributed by atoms with Gasteiger partial charge in [-0.3, -0.25) is 0 Å². The molecule has 0 aromatic heterocycles. The zero-order valence-electron chi connectivity index (χ0n) is 10.9. The van der Waals surface area contributed by atoms with Gasteiger partial charge >= 0.3 is 6.18 Å². The third-order valence-electron chi connectivity index (χ3n) is 3.73. The van der Waals surface area contributed by atoms with Crippen LogP contribution in [-0.4, -0.2) is 33.3 Å². The van der Waals surface area contributed by atoms with E-state index >= 15 is 0 Å². The predicted molar refractivity (Wildman–Crippen MR) is 82.7 cm³/mol. The molecule has 120 valence electrons. The van der Waals surface area contributed by atoms with E-state index in [4.69, 9.17) is 23.8 Å². The second-order valence-corrected chi connectivity index (χ2v) is 8.27. The zero-order chi connectivity index (χ0) is 16.3. The lowest BCUT2D eigenvalue weighted by Crippen LogP contribution is -2.37. The molecule has 2 saturated heterocycles. The maximum absolute atomic E-state index is 12.9. The molecule has 0 radical (unpaired) electrons.